The zero-order valence-electron chi connectivity index (χ0n) is 11.6. The van der Waals surface area contributed by atoms with E-state index in [9.17, 15) is 0 Å². The molecule has 0 fully saturated rings. The molecule has 0 bridgehead atoms. The molecule has 0 amide bonds. The summed E-state index contributed by atoms with van der Waals surface area (Å²) in [5.41, 5.74) is 2.76. The van der Waals surface area contributed by atoms with Gasteiger partial charge in [0.1, 0.15) is 11.4 Å². The summed E-state index contributed by atoms with van der Waals surface area (Å²) in [5, 5.41) is 3.91. The second-order valence-corrected chi connectivity index (χ2v) is 5.74. The maximum absolute atomic E-state index is 6.21. The molecule has 3 rings (SSSR count). The van der Waals surface area contributed by atoms with Crippen LogP contribution >= 0.6 is 23.5 Å². The molecule has 0 spiro atoms. The Balaban J connectivity index is 1.99. The van der Waals surface area contributed by atoms with Crippen LogP contribution in [0.2, 0.25) is 5.02 Å². The quantitative estimate of drug-likeness (QED) is 0.807. The lowest BCUT2D eigenvalue weighted by atomic mass is 10.2. The number of guanidine groups is 1. The fourth-order valence-corrected chi connectivity index (χ4v) is 3.07. The average molecular weight is 320 g/mol. The average Bonchev–Trinajstić information content (AvgIpc) is 2.52. The van der Waals surface area contributed by atoms with Crippen LogP contribution in [-0.4, -0.2) is 13.1 Å². The van der Waals surface area contributed by atoms with Crippen molar-refractivity contribution >= 4 is 40.9 Å². The van der Waals surface area contributed by atoms with Gasteiger partial charge in [-0.2, -0.15) is 0 Å². The monoisotopic (exact) mass is 319 g/mol. The number of aliphatic imine (C=N–C) groups is 1. The number of nitrogens with one attached hydrogen (secondary N) is 2. The van der Waals surface area contributed by atoms with Gasteiger partial charge in [-0.15, -0.1) is 0 Å². The summed E-state index contributed by atoms with van der Waals surface area (Å²) in [5.74, 6) is 1.33. The fourth-order valence-electron chi connectivity index (χ4n) is 2.02. The minimum atomic E-state index is 0.665. The molecule has 1 heterocycles. The SMILES string of the molecule is COc1cc(Cl)c(C)c2c1N=C(Nc1ccccc1)NS2. The Morgan fingerprint density at radius 2 is 2.05 bits per heavy atom. The van der Waals surface area contributed by atoms with Crippen LogP contribution in [0.1, 0.15) is 5.56 Å². The molecule has 108 valence electrons. The van der Waals surface area contributed by atoms with Crippen molar-refractivity contribution in [2.45, 2.75) is 11.8 Å². The number of benzene rings is 2. The van der Waals surface area contributed by atoms with E-state index < -0.39 is 0 Å². The first-order chi connectivity index (χ1) is 10.2. The second kappa shape index (κ2) is 5.87. The van der Waals surface area contributed by atoms with Gasteiger partial charge >= 0.3 is 0 Å². The van der Waals surface area contributed by atoms with Crippen molar-refractivity contribution in [3.05, 3.63) is 47.0 Å². The number of anilines is 1. The summed E-state index contributed by atoms with van der Waals surface area (Å²) in [6.45, 7) is 1.97. The summed E-state index contributed by atoms with van der Waals surface area (Å²) >= 11 is 7.69. The Bertz CT molecular complexity index is 704. The molecule has 0 atom stereocenters. The van der Waals surface area contributed by atoms with Gasteiger partial charge in [-0.3, -0.25) is 4.72 Å². The molecule has 21 heavy (non-hydrogen) atoms. The molecular weight excluding hydrogens is 306 g/mol. The van der Waals surface area contributed by atoms with Crippen molar-refractivity contribution < 1.29 is 4.74 Å². The van der Waals surface area contributed by atoms with E-state index in [2.05, 4.69) is 15.0 Å². The van der Waals surface area contributed by atoms with E-state index in [0.717, 1.165) is 21.8 Å². The van der Waals surface area contributed by atoms with Crippen LogP contribution in [0.15, 0.2) is 46.3 Å². The lowest BCUT2D eigenvalue weighted by molar-refractivity contribution is 0.415. The number of fused-ring (bicyclic) bond motifs is 1. The van der Waals surface area contributed by atoms with Crippen LogP contribution in [0.4, 0.5) is 11.4 Å². The first kappa shape index (κ1) is 14.1. The highest BCUT2D eigenvalue weighted by atomic mass is 35.5. The predicted octanol–water partition coefficient (Wildman–Crippen LogP) is 4.37. The van der Waals surface area contributed by atoms with Crippen molar-refractivity contribution in [2.24, 2.45) is 4.99 Å². The van der Waals surface area contributed by atoms with Crippen molar-refractivity contribution in [1.29, 1.82) is 0 Å². The Hall–Kier alpha value is -1.85. The smallest absolute Gasteiger partial charge is 0.211 e. The molecule has 4 nitrogen and oxygen atoms in total. The van der Waals surface area contributed by atoms with E-state index in [1.165, 1.54) is 11.9 Å². The van der Waals surface area contributed by atoms with Crippen LogP contribution in [0.5, 0.6) is 5.75 Å². The largest absolute Gasteiger partial charge is 0.494 e. The molecule has 0 saturated carbocycles. The van der Waals surface area contributed by atoms with Gasteiger partial charge in [0, 0.05) is 16.8 Å². The van der Waals surface area contributed by atoms with E-state index in [1.807, 2.05) is 37.3 Å². The molecule has 0 aliphatic carbocycles. The van der Waals surface area contributed by atoms with Gasteiger partial charge in [0.2, 0.25) is 5.96 Å². The minimum absolute atomic E-state index is 0.665. The topological polar surface area (TPSA) is 45.6 Å². The Morgan fingerprint density at radius 1 is 1.29 bits per heavy atom. The Morgan fingerprint density at radius 3 is 2.76 bits per heavy atom. The lowest BCUT2D eigenvalue weighted by Gasteiger charge is -2.21. The molecule has 2 aromatic carbocycles. The van der Waals surface area contributed by atoms with Crippen molar-refractivity contribution in [3.63, 3.8) is 0 Å². The van der Waals surface area contributed by atoms with Crippen LogP contribution < -0.4 is 14.8 Å². The second-order valence-electron chi connectivity index (χ2n) is 4.52. The summed E-state index contributed by atoms with van der Waals surface area (Å²) < 4.78 is 8.57. The highest BCUT2D eigenvalue weighted by Gasteiger charge is 2.21. The van der Waals surface area contributed by atoms with Gasteiger partial charge in [-0.05, 0) is 36.6 Å². The maximum Gasteiger partial charge on any atom is 0.211 e. The van der Waals surface area contributed by atoms with Crippen molar-refractivity contribution in [1.82, 2.24) is 4.72 Å². The van der Waals surface area contributed by atoms with E-state index in [4.69, 9.17) is 16.3 Å². The van der Waals surface area contributed by atoms with Gasteiger partial charge < -0.3 is 10.1 Å². The van der Waals surface area contributed by atoms with Gasteiger partial charge in [-0.25, -0.2) is 4.99 Å². The lowest BCUT2D eigenvalue weighted by Crippen LogP contribution is -2.27. The molecular formula is C15H14ClN3OS. The number of ether oxygens (including phenoxy) is 1. The first-order valence-electron chi connectivity index (χ1n) is 6.39. The van der Waals surface area contributed by atoms with E-state index >= 15 is 0 Å². The normalized spacial score (nSPS) is 13.0. The number of rotatable bonds is 2. The number of hydrogen-bond acceptors (Lipinski definition) is 5. The van der Waals surface area contributed by atoms with Gasteiger partial charge in [-0.1, -0.05) is 29.8 Å². The van der Waals surface area contributed by atoms with Gasteiger partial charge in [0.25, 0.3) is 0 Å². The zero-order chi connectivity index (χ0) is 14.8. The molecule has 2 aromatic rings. The number of hydrogen-bond donors (Lipinski definition) is 2. The number of methoxy groups -OCH3 is 1. The summed E-state index contributed by atoms with van der Waals surface area (Å²) in [4.78, 5) is 5.59. The molecule has 6 heteroatoms. The van der Waals surface area contributed by atoms with E-state index in [0.29, 0.717) is 16.7 Å². The predicted molar refractivity (Wildman–Crippen MR) is 88.9 cm³/mol. The molecule has 0 unspecified atom stereocenters. The van der Waals surface area contributed by atoms with Crippen LogP contribution in [0, 0.1) is 6.92 Å². The highest BCUT2D eigenvalue weighted by molar-refractivity contribution is 7.98. The molecule has 2 N–H and O–H groups in total. The van der Waals surface area contributed by atoms with E-state index in [1.54, 1.807) is 13.2 Å². The summed E-state index contributed by atoms with van der Waals surface area (Å²) in [7, 11) is 1.62. The maximum atomic E-state index is 6.21. The van der Waals surface area contributed by atoms with Crippen molar-refractivity contribution in [2.75, 3.05) is 12.4 Å². The number of nitrogens with zero attached hydrogens (tertiary/aromatic N) is 1. The van der Waals surface area contributed by atoms with Crippen LogP contribution in [0.25, 0.3) is 0 Å². The van der Waals surface area contributed by atoms with Crippen molar-refractivity contribution in [3.8, 4) is 5.75 Å². The molecule has 0 radical (unpaired) electrons. The molecule has 0 saturated heterocycles. The zero-order valence-corrected chi connectivity index (χ0v) is 13.2. The third-order valence-electron chi connectivity index (χ3n) is 3.13. The van der Waals surface area contributed by atoms with Gasteiger partial charge in [0.15, 0.2) is 0 Å². The van der Waals surface area contributed by atoms with E-state index in [-0.39, 0.29) is 0 Å². The van der Waals surface area contributed by atoms with Gasteiger partial charge in [0.05, 0.1) is 12.0 Å². The highest BCUT2D eigenvalue weighted by Crippen LogP contribution is 2.44. The summed E-state index contributed by atoms with van der Waals surface area (Å²) in [6.07, 6.45) is 0. The standard InChI is InChI=1S/C15H14ClN3OS/c1-9-11(16)8-12(20-2)13-14(9)21-19-15(18-13)17-10-6-4-3-5-7-10/h3-8H,1-2H3,(H2,17,18,19). The Labute approximate surface area is 132 Å². The molecule has 0 aromatic heterocycles. The first-order valence-corrected chi connectivity index (χ1v) is 7.59. The third kappa shape index (κ3) is 2.80. The number of para-hydroxylation sites is 1. The molecule has 1 aliphatic heterocycles. The van der Waals surface area contributed by atoms with Crippen LogP contribution in [-0.2, 0) is 0 Å². The fraction of sp³-hybridized carbons (Fsp3) is 0.133. The Kier molecular flexibility index (Phi) is 3.94. The minimum Gasteiger partial charge on any atom is -0.494 e. The summed E-state index contributed by atoms with van der Waals surface area (Å²) in [6, 6.07) is 11.7. The van der Waals surface area contributed by atoms with Crippen LogP contribution in [0.3, 0.4) is 0 Å². The molecule has 1 aliphatic rings. The third-order valence-corrected chi connectivity index (χ3v) is 4.53. The number of halogens is 1.